The van der Waals surface area contributed by atoms with Crippen LogP contribution in [0.5, 0.6) is 0 Å². The van der Waals surface area contributed by atoms with Gasteiger partial charge in [0.1, 0.15) is 0 Å². The summed E-state index contributed by atoms with van der Waals surface area (Å²) in [5.41, 5.74) is 2.83. The van der Waals surface area contributed by atoms with Gasteiger partial charge in [0, 0.05) is 24.2 Å². The Morgan fingerprint density at radius 3 is 2.65 bits per heavy atom. The Labute approximate surface area is 121 Å². The molecule has 0 radical (unpaired) electrons. The van der Waals surface area contributed by atoms with Gasteiger partial charge in [0.2, 0.25) is 0 Å². The minimum atomic E-state index is -0.110. The number of rotatable bonds is 4. The van der Waals surface area contributed by atoms with Crippen molar-refractivity contribution in [3.8, 4) is 0 Å². The molecule has 0 aliphatic carbocycles. The maximum atomic E-state index is 11.5. The van der Waals surface area contributed by atoms with Crippen molar-refractivity contribution in [3.05, 3.63) is 29.8 Å². The van der Waals surface area contributed by atoms with Crippen molar-refractivity contribution in [2.45, 2.75) is 45.1 Å². The van der Waals surface area contributed by atoms with Crippen LogP contribution in [0.4, 0.5) is 5.69 Å². The van der Waals surface area contributed by atoms with Crippen LogP contribution in [0.1, 0.15) is 39.2 Å². The summed E-state index contributed by atoms with van der Waals surface area (Å²) in [6.07, 6.45) is 1.85. The van der Waals surface area contributed by atoms with Crippen molar-refractivity contribution in [1.29, 1.82) is 0 Å². The quantitative estimate of drug-likeness (QED) is 0.789. The second-order valence-electron chi connectivity index (χ2n) is 6.37. The molecule has 1 aromatic rings. The van der Waals surface area contributed by atoms with Gasteiger partial charge in [-0.25, -0.2) is 0 Å². The lowest BCUT2D eigenvalue weighted by molar-refractivity contribution is -0.145. The van der Waals surface area contributed by atoms with E-state index < -0.39 is 0 Å². The number of likely N-dealkylation sites (N-methyl/N-ethyl adjacent to an activating group) is 1. The smallest absolute Gasteiger partial charge is 0.308 e. The average molecular weight is 275 g/mol. The first-order valence-corrected chi connectivity index (χ1v) is 7.29. The molecule has 2 unspecified atom stereocenters. The highest BCUT2D eigenvalue weighted by Gasteiger charge is 2.42. The van der Waals surface area contributed by atoms with Crippen molar-refractivity contribution in [2.24, 2.45) is 5.92 Å². The molecular formula is C17H25NO2. The van der Waals surface area contributed by atoms with Crippen molar-refractivity contribution >= 4 is 11.7 Å². The molecule has 2 atom stereocenters. The molecule has 1 aromatic carbocycles. The van der Waals surface area contributed by atoms with Crippen LogP contribution in [0.3, 0.4) is 0 Å². The van der Waals surface area contributed by atoms with E-state index in [4.69, 9.17) is 4.74 Å². The second-order valence-corrected chi connectivity index (χ2v) is 6.37. The van der Waals surface area contributed by atoms with E-state index in [0.717, 1.165) is 12.8 Å². The number of carbonyl (C=O) groups excluding carboxylic acids is 1. The fourth-order valence-electron chi connectivity index (χ4n) is 3.44. The van der Waals surface area contributed by atoms with Gasteiger partial charge in [-0.05, 0) is 24.5 Å². The van der Waals surface area contributed by atoms with E-state index in [1.807, 2.05) is 6.92 Å². The number of para-hydroxylation sites is 1. The Hall–Kier alpha value is -1.51. The highest BCUT2D eigenvalue weighted by molar-refractivity contribution is 5.71. The standard InChI is InChI=1S/C17H25NO2/c1-12(16(19)20-5)10-11-15-17(2,3)13-8-6-7-9-14(13)18(15)4/h6-9,12,15H,10-11H2,1-5H3. The number of hydrogen-bond acceptors (Lipinski definition) is 3. The molecule has 0 spiro atoms. The first-order valence-electron chi connectivity index (χ1n) is 7.29. The first-order chi connectivity index (χ1) is 9.39. The minimum Gasteiger partial charge on any atom is -0.469 e. The van der Waals surface area contributed by atoms with Crippen LogP contribution in [0.25, 0.3) is 0 Å². The number of methoxy groups -OCH3 is 1. The number of nitrogens with zero attached hydrogens (tertiary/aromatic N) is 1. The summed E-state index contributed by atoms with van der Waals surface area (Å²) < 4.78 is 4.82. The van der Waals surface area contributed by atoms with E-state index in [1.165, 1.54) is 18.4 Å². The van der Waals surface area contributed by atoms with Crippen molar-refractivity contribution < 1.29 is 9.53 Å². The lowest BCUT2D eigenvalue weighted by Crippen LogP contribution is -2.39. The zero-order valence-corrected chi connectivity index (χ0v) is 13.1. The fraction of sp³-hybridized carbons (Fsp3) is 0.588. The van der Waals surface area contributed by atoms with Crippen LogP contribution in [-0.4, -0.2) is 26.2 Å². The Morgan fingerprint density at radius 2 is 2.05 bits per heavy atom. The molecule has 1 aliphatic heterocycles. The molecular weight excluding hydrogens is 250 g/mol. The number of hydrogen-bond donors (Lipinski definition) is 0. The van der Waals surface area contributed by atoms with Gasteiger partial charge in [0.15, 0.2) is 0 Å². The number of esters is 1. The molecule has 2 rings (SSSR count). The van der Waals surface area contributed by atoms with Crippen molar-refractivity contribution in [3.63, 3.8) is 0 Å². The van der Waals surface area contributed by atoms with Crippen molar-refractivity contribution in [1.82, 2.24) is 0 Å². The number of carbonyl (C=O) groups is 1. The third-order valence-electron chi connectivity index (χ3n) is 4.76. The lowest BCUT2D eigenvalue weighted by Gasteiger charge is -2.33. The molecule has 0 saturated carbocycles. The highest BCUT2D eigenvalue weighted by atomic mass is 16.5. The molecule has 3 nitrogen and oxygen atoms in total. The largest absolute Gasteiger partial charge is 0.469 e. The van der Waals surface area contributed by atoms with Gasteiger partial charge in [-0.3, -0.25) is 4.79 Å². The summed E-state index contributed by atoms with van der Waals surface area (Å²) in [7, 11) is 3.61. The van der Waals surface area contributed by atoms with Gasteiger partial charge in [-0.15, -0.1) is 0 Å². The first kappa shape index (κ1) is 14.9. The lowest BCUT2D eigenvalue weighted by atomic mass is 9.78. The third kappa shape index (κ3) is 2.41. The molecule has 1 aliphatic rings. The maximum Gasteiger partial charge on any atom is 0.308 e. The van der Waals surface area contributed by atoms with Crippen LogP contribution in [0.15, 0.2) is 24.3 Å². The molecule has 0 bridgehead atoms. The van der Waals surface area contributed by atoms with Gasteiger partial charge in [0.25, 0.3) is 0 Å². The summed E-state index contributed by atoms with van der Waals surface area (Å²) in [6, 6.07) is 9.02. The molecule has 0 N–H and O–H groups in total. The molecule has 0 saturated heterocycles. The molecule has 3 heteroatoms. The molecule has 0 amide bonds. The van der Waals surface area contributed by atoms with E-state index in [2.05, 4.69) is 50.1 Å². The van der Waals surface area contributed by atoms with E-state index in [9.17, 15) is 4.79 Å². The SMILES string of the molecule is COC(=O)C(C)CCC1N(C)c2ccccc2C1(C)C. The Kier molecular flexibility index (Phi) is 4.07. The molecule has 20 heavy (non-hydrogen) atoms. The predicted octanol–water partition coefficient (Wildman–Crippen LogP) is 3.37. The number of fused-ring (bicyclic) bond motifs is 1. The Morgan fingerprint density at radius 1 is 1.40 bits per heavy atom. The summed E-state index contributed by atoms with van der Waals surface area (Å²) in [6.45, 7) is 6.53. The summed E-state index contributed by atoms with van der Waals surface area (Å²) >= 11 is 0. The minimum absolute atomic E-state index is 0.0343. The van der Waals surface area contributed by atoms with E-state index in [1.54, 1.807) is 0 Å². The van der Waals surface area contributed by atoms with E-state index in [0.29, 0.717) is 6.04 Å². The predicted molar refractivity (Wildman–Crippen MR) is 82.1 cm³/mol. The second kappa shape index (κ2) is 5.47. The van der Waals surface area contributed by atoms with Crippen LogP contribution in [-0.2, 0) is 14.9 Å². The monoisotopic (exact) mass is 275 g/mol. The Balaban J connectivity index is 2.13. The summed E-state index contributed by atoms with van der Waals surface area (Å²) in [5, 5.41) is 0. The molecule has 110 valence electrons. The van der Waals surface area contributed by atoms with Gasteiger partial charge in [-0.2, -0.15) is 0 Å². The number of benzene rings is 1. The topological polar surface area (TPSA) is 29.5 Å². The molecule has 1 heterocycles. The average Bonchev–Trinajstić information content (AvgIpc) is 2.64. The van der Waals surface area contributed by atoms with Crippen molar-refractivity contribution in [2.75, 3.05) is 19.1 Å². The Bertz CT molecular complexity index is 496. The van der Waals surface area contributed by atoms with Crippen LogP contribution < -0.4 is 4.90 Å². The highest BCUT2D eigenvalue weighted by Crippen LogP contribution is 2.45. The van der Waals surface area contributed by atoms with Crippen LogP contribution in [0, 0.1) is 5.92 Å². The van der Waals surface area contributed by atoms with E-state index in [-0.39, 0.29) is 17.3 Å². The molecule has 0 aromatic heterocycles. The molecule has 0 fully saturated rings. The number of ether oxygens (including phenoxy) is 1. The summed E-state index contributed by atoms with van der Waals surface area (Å²) in [4.78, 5) is 13.9. The number of anilines is 1. The third-order valence-corrected chi connectivity index (χ3v) is 4.76. The van der Waals surface area contributed by atoms with E-state index >= 15 is 0 Å². The van der Waals surface area contributed by atoms with Gasteiger partial charge in [0.05, 0.1) is 13.0 Å². The fourth-order valence-corrected chi connectivity index (χ4v) is 3.44. The normalized spacial score (nSPS) is 21.4. The van der Waals surface area contributed by atoms with Gasteiger partial charge < -0.3 is 9.64 Å². The summed E-state index contributed by atoms with van der Waals surface area (Å²) in [5.74, 6) is -0.145. The van der Waals surface area contributed by atoms with Crippen LogP contribution in [0.2, 0.25) is 0 Å². The zero-order valence-electron chi connectivity index (χ0n) is 13.1. The van der Waals surface area contributed by atoms with Gasteiger partial charge >= 0.3 is 5.97 Å². The van der Waals surface area contributed by atoms with Crippen LogP contribution >= 0.6 is 0 Å². The van der Waals surface area contributed by atoms with Gasteiger partial charge in [-0.1, -0.05) is 39.0 Å². The zero-order chi connectivity index (χ0) is 14.9. The maximum absolute atomic E-state index is 11.5.